The Morgan fingerprint density at radius 3 is 3.04 bits per heavy atom. The number of carbonyl (C=O) groups excluding carboxylic acids is 1. The molecule has 6 nitrogen and oxygen atoms in total. The van der Waals surface area contributed by atoms with Crippen LogP contribution in [-0.2, 0) is 12.8 Å². The molecule has 25 heavy (non-hydrogen) atoms. The van der Waals surface area contributed by atoms with E-state index in [0.717, 1.165) is 35.0 Å². The smallest absolute Gasteiger partial charge is 0.293 e. The zero-order valence-electron chi connectivity index (χ0n) is 13.5. The van der Waals surface area contributed by atoms with E-state index < -0.39 is 5.91 Å². The fourth-order valence-electron chi connectivity index (χ4n) is 3.09. The van der Waals surface area contributed by atoms with Gasteiger partial charge in [-0.25, -0.2) is 0 Å². The molecule has 1 N–H and O–H groups in total. The summed E-state index contributed by atoms with van der Waals surface area (Å²) in [5.41, 5.74) is 1.90. The number of nitrogens with one attached hydrogen (secondary N) is 1. The first-order valence-electron chi connectivity index (χ1n) is 8.03. The molecule has 0 spiro atoms. The SMILES string of the molecule is C[C@H]1CCc2noc(NC(=O)c3cc(=O)c4cc(Br)ccc4o3)c2C1. The number of rotatable bonds is 2. The first-order chi connectivity index (χ1) is 12.0. The summed E-state index contributed by atoms with van der Waals surface area (Å²) in [5, 5.41) is 7.12. The first-order valence-corrected chi connectivity index (χ1v) is 8.83. The van der Waals surface area contributed by atoms with Gasteiger partial charge in [0, 0.05) is 16.1 Å². The molecule has 0 saturated heterocycles. The van der Waals surface area contributed by atoms with Crippen molar-refractivity contribution in [3.63, 3.8) is 0 Å². The standard InChI is InChI=1S/C18H15BrN2O4/c1-9-2-4-13-11(6-9)18(25-21-13)20-17(23)16-8-14(22)12-7-10(19)3-5-15(12)24-16/h3,5,7-9H,2,4,6H2,1H3,(H,20,23)/t9-/m0/s1. The first kappa shape index (κ1) is 16.1. The molecule has 7 heteroatoms. The van der Waals surface area contributed by atoms with Crippen LogP contribution in [0.25, 0.3) is 11.0 Å². The Morgan fingerprint density at radius 2 is 2.20 bits per heavy atom. The minimum atomic E-state index is -0.529. The van der Waals surface area contributed by atoms with Gasteiger partial charge in [-0.1, -0.05) is 28.0 Å². The Hall–Kier alpha value is -2.41. The van der Waals surface area contributed by atoms with E-state index in [2.05, 4.69) is 33.3 Å². The van der Waals surface area contributed by atoms with Gasteiger partial charge in [0.15, 0.2) is 11.2 Å². The van der Waals surface area contributed by atoms with Crippen molar-refractivity contribution in [2.75, 3.05) is 5.32 Å². The summed E-state index contributed by atoms with van der Waals surface area (Å²) < 4.78 is 11.6. The van der Waals surface area contributed by atoms with Crippen LogP contribution in [0.5, 0.6) is 0 Å². The van der Waals surface area contributed by atoms with Crippen LogP contribution in [0.4, 0.5) is 5.88 Å². The van der Waals surface area contributed by atoms with Crippen LogP contribution in [0.3, 0.4) is 0 Å². The highest BCUT2D eigenvalue weighted by Gasteiger charge is 2.25. The second-order valence-corrected chi connectivity index (χ2v) is 7.27. The van der Waals surface area contributed by atoms with Gasteiger partial charge in [0.25, 0.3) is 5.91 Å². The van der Waals surface area contributed by atoms with Crippen LogP contribution in [0.2, 0.25) is 0 Å². The largest absolute Gasteiger partial charge is 0.451 e. The Morgan fingerprint density at radius 1 is 1.36 bits per heavy atom. The number of nitrogens with zero attached hydrogens (tertiary/aromatic N) is 1. The van der Waals surface area contributed by atoms with Gasteiger partial charge in [-0.3, -0.25) is 14.9 Å². The van der Waals surface area contributed by atoms with E-state index in [9.17, 15) is 9.59 Å². The molecule has 1 atom stereocenters. The van der Waals surface area contributed by atoms with Crippen molar-refractivity contribution in [3.05, 3.63) is 56.0 Å². The lowest BCUT2D eigenvalue weighted by Crippen LogP contribution is -2.17. The molecule has 0 radical (unpaired) electrons. The van der Waals surface area contributed by atoms with Crippen molar-refractivity contribution in [1.29, 1.82) is 0 Å². The van der Waals surface area contributed by atoms with Crippen LogP contribution in [0.1, 0.15) is 35.2 Å². The van der Waals surface area contributed by atoms with Crippen LogP contribution >= 0.6 is 15.9 Å². The lowest BCUT2D eigenvalue weighted by atomic mass is 9.89. The quantitative estimate of drug-likeness (QED) is 0.701. The Bertz CT molecular complexity index is 1040. The predicted octanol–water partition coefficient (Wildman–Crippen LogP) is 3.92. The van der Waals surface area contributed by atoms with E-state index in [1.165, 1.54) is 6.07 Å². The Labute approximate surface area is 151 Å². The van der Waals surface area contributed by atoms with Crippen molar-refractivity contribution in [3.8, 4) is 0 Å². The van der Waals surface area contributed by atoms with Gasteiger partial charge in [-0.15, -0.1) is 0 Å². The highest BCUT2D eigenvalue weighted by Crippen LogP contribution is 2.30. The average Bonchev–Trinajstić information content (AvgIpc) is 2.97. The molecule has 1 aromatic carbocycles. The summed E-state index contributed by atoms with van der Waals surface area (Å²) in [6.45, 7) is 2.15. The zero-order chi connectivity index (χ0) is 17.6. The number of anilines is 1. The molecule has 1 amide bonds. The van der Waals surface area contributed by atoms with Gasteiger partial charge in [0.2, 0.25) is 5.88 Å². The van der Waals surface area contributed by atoms with E-state index in [4.69, 9.17) is 8.94 Å². The van der Waals surface area contributed by atoms with Gasteiger partial charge in [0.05, 0.1) is 11.1 Å². The second kappa shape index (κ2) is 6.15. The number of amides is 1. The summed E-state index contributed by atoms with van der Waals surface area (Å²) in [7, 11) is 0. The van der Waals surface area contributed by atoms with Crippen molar-refractivity contribution >= 4 is 38.7 Å². The third-order valence-corrected chi connectivity index (χ3v) is 4.93. The number of carbonyl (C=O) groups is 1. The van der Waals surface area contributed by atoms with E-state index >= 15 is 0 Å². The molecule has 0 saturated carbocycles. The topological polar surface area (TPSA) is 85.3 Å². The monoisotopic (exact) mass is 402 g/mol. The van der Waals surface area contributed by atoms with Gasteiger partial charge >= 0.3 is 0 Å². The second-order valence-electron chi connectivity index (χ2n) is 6.35. The van der Waals surface area contributed by atoms with Gasteiger partial charge in [-0.05, 0) is 43.4 Å². The van der Waals surface area contributed by atoms with E-state index in [-0.39, 0.29) is 11.2 Å². The molecule has 4 rings (SSSR count). The molecule has 0 unspecified atom stereocenters. The summed E-state index contributed by atoms with van der Waals surface area (Å²) in [5.74, 6) is 0.262. The normalized spacial score (nSPS) is 16.6. The number of hydrogen-bond donors (Lipinski definition) is 1. The Kier molecular flexibility index (Phi) is 3.95. The minimum Gasteiger partial charge on any atom is -0.451 e. The van der Waals surface area contributed by atoms with Crippen molar-refractivity contribution in [2.45, 2.75) is 26.2 Å². The van der Waals surface area contributed by atoms with Crippen molar-refractivity contribution < 1.29 is 13.7 Å². The maximum absolute atomic E-state index is 12.5. The number of hydrogen-bond acceptors (Lipinski definition) is 5. The third kappa shape index (κ3) is 3.00. The molecule has 2 aromatic heterocycles. The molecule has 3 aromatic rings. The summed E-state index contributed by atoms with van der Waals surface area (Å²) >= 11 is 3.31. The van der Waals surface area contributed by atoms with Crippen LogP contribution in [-0.4, -0.2) is 11.1 Å². The molecule has 0 aliphatic heterocycles. The molecule has 0 bridgehead atoms. The molecular weight excluding hydrogens is 388 g/mol. The number of benzene rings is 1. The predicted molar refractivity (Wildman–Crippen MR) is 95.8 cm³/mol. The fraction of sp³-hybridized carbons (Fsp3) is 0.278. The van der Waals surface area contributed by atoms with Gasteiger partial charge in [-0.2, -0.15) is 0 Å². The molecule has 2 heterocycles. The lowest BCUT2D eigenvalue weighted by Gasteiger charge is -2.16. The van der Waals surface area contributed by atoms with Gasteiger partial charge < -0.3 is 8.94 Å². The van der Waals surface area contributed by atoms with E-state index in [1.807, 2.05) is 0 Å². The number of halogens is 1. The lowest BCUT2D eigenvalue weighted by molar-refractivity contribution is 0.0994. The highest BCUT2D eigenvalue weighted by atomic mass is 79.9. The van der Waals surface area contributed by atoms with E-state index in [1.54, 1.807) is 18.2 Å². The fourth-order valence-corrected chi connectivity index (χ4v) is 3.45. The van der Waals surface area contributed by atoms with E-state index in [0.29, 0.717) is 22.8 Å². The van der Waals surface area contributed by atoms with Crippen LogP contribution in [0, 0.1) is 5.92 Å². The van der Waals surface area contributed by atoms with Crippen LogP contribution in [0.15, 0.2) is 42.5 Å². The molecular formula is C18H15BrN2O4. The number of aromatic nitrogens is 1. The van der Waals surface area contributed by atoms with Crippen molar-refractivity contribution in [2.24, 2.45) is 5.92 Å². The summed E-state index contributed by atoms with van der Waals surface area (Å²) in [6, 6.07) is 6.25. The summed E-state index contributed by atoms with van der Waals surface area (Å²) in [4.78, 5) is 24.7. The third-order valence-electron chi connectivity index (χ3n) is 4.44. The molecule has 1 aliphatic carbocycles. The average molecular weight is 403 g/mol. The van der Waals surface area contributed by atoms with Gasteiger partial charge in [0.1, 0.15) is 5.58 Å². The number of aryl methyl sites for hydroxylation is 1. The molecule has 128 valence electrons. The molecule has 0 fully saturated rings. The zero-order valence-corrected chi connectivity index (χ0v) is 15.1. The highest BCUT2D eigenvalue weighted by molar-refractivity contribution is 9.10. The summed E-state index contributed by atoms with van der Waals surface area (Å²) in [6.07, 6.45) is 2.71. The number of fused-ring (bicyclic) bond motifs is 2. The Balaban J connectivity index is 1.66. The minimum absolute atomic E-state index is 0.0613. The maximum Gasteiger partial charge on any atom is 0.293 e. The maximum atomic E-state index is 12.5. The van der Waals surface area contributed by atoms with Crippen LogP contribution < -0.4 is 10.7 Å². The molecule has 1 aliphatic rings. The van der Waals surface area contributed by atoms with Crippen molar-refractivity contribution in [1.82, 2.24) is 5.16 Å².